The second-order valence-electron chi connectivity index (χ2n) is 4.42. The molecule has 0 aliphatic rings. The molecule has 3 aromatic rings. The lowest BCUT2D eigenvalue weighted by Gasteiger charge is -2.10. The fraction of sp³-hybridized carbons (Fsp3) is 0. The van der Waals surface area contributed by atoms with E-state index in [9.17, 15) is 4.39 Å². The maximum atomic E-state index is 13.2. The molecule has 0 fully saturated rings. The van der Waals surface area contributed by atoms with Gasteiger partial charge in [-0.15, -0.1) is 0 Å². The lowest BCUT2D eigenvalue weighted by atomic mass is 10.1. The summed E-state index contributed by atoms with van der Waals surface area (Å²) >= 11 is 0. The molecular weight excluding hydrogens is 239 g/mol. The highest BCUT2D eigenvalue weighted by Gasteiger charge is 2.02. The maximum Gasteiger partial charge on any atom is 0.125 e. The Labute approximate surface area is 110 Å². The zero-order valence-electron chi connectivity index (χ0n) is 10.2. The van der Waals surface area contributed by atoms with Crippen molar-refractivity contribution in [3.63, 3.8) is 0 Å². The zero-order valence-corrected chi connectivity index (χ0v) is 10.2. The third-order valence-electron chi connectivity index (χ3n) is 3.04. The minimum Gasteiger partial charge on any atom is -0.397 e. The minimum absolute atomic E-state index is 0.308. The highest BCUT2D eigenvalue weighted by Crippen LogP contribution is 2.26. The second-order valence-corrected chi connectivity index (χ2v) is 4.42. The van der Waals surface area contributed by atoms with Gasteiger partial charge in [0.15, 0.2) is 0 Å². The fourth-order valence-corrected chi connectivity index (χ4v) is 2.06. The summed E-state index contributed by atoms with van der Waals surface area (Å²) < 4.78 is 13.2. The number of rotatable bonds is 2. The number of nitrogens with one attached hydrogen (secondary N) is 1. The van der Waals surface area contributed by atoms with Gasteiger partial charge < -0.3 is 11.1 Å². The average molecular weight is 252 g/mol. The quantitative estimate of drug-likeness (QED) is 0.667. The minimum atomic E-state index is -0.308. The summed E-state index contributed by atoms with van der Waals surface area (Å²) in [6.07, 6.45) is 0. The van der Waals surface area contributed by atoms with Crippen LogP contribution in [0.2, 0.25) is 0 Å². The molecule has 0 bridgehead atoms. The van der Waals surface area contributed by atoms with Crippen LogP contribution in [-0.2, 0) is 0 Å². The average Bonchev–Trinajstić information content (AvgIpc) is 2.43. The van der Waals surface area contributed by atoms with Crippen molar-refractivity contribution in [1.29, 1.82) is 0 Å². The van der Waals surface area contributed by atoms with Crippen LogP contribution < -0.4 is 11.1 Å². The van der Waals surface area contributed by atoms with Gasteiger partial charge in [0.2, 0.25) is 0 Å². The number of fused-ring (bicyclic) bond motifs is 1. The van der Waals surface area contributed by atoms with Gasteiger partial charge in [-0.2, -0.15) is 0 Å². The Hall–Kier alpha value is -2.55. The molecule has 0 unspecified atom stereocenters. The molecule has 3 N–H and O–H groups in total. The van der Waals surface area contributed by atoms with Gasteiger partial charge in [0.1, 0.15) is 5.82 Å². The molecule has 0 aliphatic carbocycles. The van der Waals surface area contributed by atoms with Crippen LogP contribution in [0.4, 0.5) is 21.5 Å². The molecule has 0 saturated heterocycles. The molecule has 0 atom stereocenters. The number of nitrogen functional groups attached to an aromatic ring is 1. The van der Waals surface area contributed by atoms with Gasteiger partial charge in [0, 0.05) is 5.69 Å². The number of benzene rings is 3. The van der Waals surface area contributed by atoms with Crippen LogP contribution in [0, 0.1) is 5.82 Å². The van der Waals surface area contributed by atoms with E-state index in [1.807, 2.05) is 36.4 Å². The molecule has 94 valence electrons. The Kier molecular flexibility index (Phi) is 2.80. The van der Waals surface area contributed by atoms with Crippen LogP contribution in [-0.4, -0.2) is 0 Å². The smallest absolute Gasteiger partial charge is 0.125 e. The van der Waals surface area contributed by atoms with E-state index in [-0.39, 0.29) is 5.82 Å². The standard InChI is InChI=1S/C16H13FN2/c17-13-6-8-15(18)16(10-13)19-14-7-5-11-3-1-2-4-12(11)9-14/h1-10,19H,18H2. The van der Waals surface area contributed by atoms with E-state index in [0.717, 1.165) is 11.1 Å². The van der Waals surface area contributed by atoms with Gasteiger partial charge in [-0.05, 0) is 41.1 Å². The van der Waals surface area contributed by atoms with Crippen LogP contribution in [0.3, 0.4) is 0 Å². The lowest BCUT2D eigenvalue weighted by molar-refractivity contribution is 0.628. The molecule has 0 radical (unpaired) electrons. The number of nitrogens with two attached hydrogens (primary N) is 1. The molecule has 3 aromatic carbocycles. The van der Waals surface area contributed by atoms with E-state index in [0.29, 0.717) is 11.4 Å². The Morgan fingerprint density at radius 1 is 0.842 bits per heavy atom. The van der Waals surface area contributed by atoms with Gasteiger partial charge in [-0.1, -0.05) is 30.3 Å². The fourth-order valence-electron chi connectivity index (χ4n) is 2.06. The molecule has 2 nitrogen and oxygen atoms in total. The van der Waals surface area contributed by atoms with Crippen molar-refractivity contribution in [1.82, 2.24) is 0 Å². The predicted octanol–water partition coefficient (Wildman–Crippen LogP) is 4.30. The molecular formula is C16H13FN2. The number of anilines is 3. The topological polar surface area (TPSA) is 38.0 Å². The van der Waals surface area contributed by atoms with Crippen molar-refractivity contribution < 1.29 is 4.39 Å². The predicted molar refractivity (Wildman–Crippen MR) is 78.0 cm³/mol. The SMILES string of the molecule is Nc1ccc(F)cc1Nc1ccc2ccccc2c1. The molecule has 0 heterocycles. The number of halogens is 1. The van der Waals surface area contributed by atoms with Crippen molar-refractivity contribution in [2.24, 2.45) is 0 Å². The highest BCUT2D eigenvalue weighted by molar-refractivity contribution is 5.87. The second kappa shape index (κ2) is 4.61. The summed E-state index contributed by atoms with van der Waals surface area (Å²) in [6, 6.07) is 18.4. The molecule has 0 aromatic heterocycles. The first-order valence-electron chi connectivity index (χ1n) is 6.03. The molecule has 0 saturated carbocycles. The monoisotopic (exact) mass is 252 g/mol. The molecule has 3 rings (SSSR count). The normalized spacial score (nSPS) is 10.6. The Morgan fingerprint density at radius 2 is 1.63 bits per heavy atom. The van der Waals surface area contributed by atoms with Gasteiger partial charge >= 0.3 is 0 Å². The summed E-state index contributed by atoms with van der Waals surface area (Å²) in [6.45, 7) is 0. The Bertz CT molecular complexity index is 738. The molecule has 3 heteroatoms. The summed E-state index contributed by atoms with van der Waals surface area (Å²) in [5, 5.41) is 5.43. The first-order valence-corrected chi connectivity index (χ1v) is 6.03. The van der Waals surface area contributed by atoms with Crippen LogP contribution in [0.1, 0.15) is 0 Å². The van der Waals surface area contributed by atoms with Gasteiger partial charge in [-0.3, -0.25) is 0 Å². The lowest BCUT2D eigenvalue weighted by Crippen LogP contribution is -1.96. The van der Waals surface area contributed by atoms with Crippen molar-refractivity contribution in [2.75, 3.05) is 11.1 Å². The van der Waals surface area contributed by atoms with Crippen molar-refractivity contribution >= 4 is 27.8 Å². The van der Waals surface area contributed by atoms with Gasteiger partial charge in [0.25, 0.3) is 0 Å². The van der Waals surface area contributed by atoms with E-state index < -0.39 is 0 Å². The van der Waals surface area contributed by atoms with Crippen LogP contribution in [0.25, 0.3) is 10.8 Å². The van der Waals surface area contributed by atoms with Crippen LogP contribution >= 0.6 is 0 Å². The Morgan fingerprint density at radius 3 is 2.47 bits per heavy atom. The molecule has 0 aliphatic heterocycles. The van der Waals surface area contributed by atoms with Crippen molar-refractivity contribution in [3.8, 4) is 0 Å². The van der Waals surface area contributed by atoms with E-state index >= 15 is 0 Å². The maximum absolute atomic E-state index is 13.2. The molecule has 0 spiro atoms. The first-order chi connectivity index (χ1) is 9.22. The third-order valence-corrected chi connectivity index (χ3v) is 3.04. The summed E-state index contributed by atoms with van der Waals surface area (Å²) in [5.41, 5.74) is 7.81. The summed E-state index contributed by atoms with van der Waals surface area (Å²) in [7, 11) is 0. The Balaban J connectivity index is 1.98. The third kappa shape index (κ3) is 2.36. The van der Waals surface area contributed by atoms with E-state index in [1.54, 1.807) is 6.07 Å². The van der Waals surface area contributed by atoms with Crippen molar-refractivity contribution in [2.45, 2.75) is 0 Å². The van der Waals surface area contributed by atoms with Gasteiger partial charge in [0.05, 0.1) is 11.4 Å². The van der Waals surface area contributed by atoms with Crippen molar-refractivity contribution in [3.05, 3.63) is 66.5 Å². The number of hydrogen-bond donors (Lipinski definition) is 2. The van der Waals surface area contributed by atoms with Crippen LogP contribution in [0.5, 0.6) is 0 Å². The van der Waals surface area contributed by atoms with Crippen LogP contribution in [0.15, 0.2) is 60.7 Å². The summed E-state index contributed by atoms with van der Waals surface area (Å²) in [4.78, 5) is 0. The number of hydrogen-bond acceptors (Lipinski definition) is 2. The first kappa shape index (κ1) is 11.5. The molecule has 0 amide bonds. The highest BCUT2D eigenvalue weighted by atomic mass is 19.1. The van der Waals surface area contributed by atoms with E-state index in [1.165, 1.54) is 17.5 Å². The zero-order chi connectivity index (χ0) is 13.2. The van der Waals surface area contributed by atoms with Gasteiger partial charge in [-0.25, -0.2) is 4.39 Å². The van der Waals surface area contributed by atoms with E-state index in [2.05, 4.69) is 11.4 Å². The largest absolute Gasteiger partial charge is 0.397 e. The van der Waals surface area contributed by atoms with E-state index in [4.69, 9.17) is 5.73 Å². The molecule has 19 heavy (non-hydrogen) atoms. The summed E-state index contributed by atoms with van der Waals surface area (Å²) in [5.74, 6) is -0.308.